The second-order valence-corrected chi connectivity index (χ2v) is 5.65. The monoisotopic (exact) mass is 417 g/mol. The Morgan fingerprint density at radius 3 is 2.52 bits per heavy atom. The lowest BCUT2D eigenvalue weighted by Crippen LogP contribution is -2.07. The molecule has 0 saturated heterocycles. The molecule has 0 saturated carbocycles. The topological polar surface area (TPSA) is 65.7 Å². The summed E-state index contributed by atoms with van der Waals surface area (Å²) in [5.74, 6) is -0.410. The normalized spacial score (nSPS) is 11.6. The van der Waals surface area contributed by atoms with Gasteiger partial charge in [0.15, 0.2) is 0 Å². The first-order valence-electron chi connectivity index (χ1n) is 6.71. The molecule has 2 heterocycles. The van der Waals surface area contributed by atoms with Crippen LogP contribution >= 0.6 is 15.9 Å². The lowest BCUT2D eigenvalue weighted by Gasteiger charge is -2.06. The van der Waals surface area contributed by atoms with Crippen LogP contribution in [0.5, 0.6) is 6.01 Å². The Balaban J connectivity index is 1.66. The fraction of sp³-hybridized carbons (Fsp3) is 0.143. The maximum absolute atomic E-state index is 13.2. The first-order valence-corrected chi connectivity index (χ1v) is 7.51. The van der Waals surface area contributed by atoms with Crippen LogP contribution < -0.4 is 4.74 Å². The summed E-state index contributed by atoms with van der Waals surface area (Å²) in [5, 5.41) is 7.73. The summed E-state index contributed by atoms with van der Waals surface area (Å²) in [6, 6.07) is 4.09. The predicted octanol–water partition coefficient (Wildman–Crippen LogP) is 3.56. The molecule has 0 atom stereocenters. The molecule has 0 amide bonds. The molecule has 0 radical (unpaired) electrons. The highest BCUT2D eigenvalue weighted by molar-refractivity contribution is 9.10. The van der Waals surface area contributed by atoms with E-state index >= 15 is 0 Å². The van der Waals surface area contributed by atoms with Crippen LogP contribution in [-0.4, -0.2) is 25.0 Å². The van der Waals surface area contributed by atoms with Crippen molar-refractivity contribution in [2.24, 2.45) is 0 Å². The predicted molar refractivity (Wildman–Crippen MR) is 80.4 cm³/mol. The Hall–Kier alpha value is -2.56. The minimum atomic E-state index is -4.51. The lowest BCUT2D eigenvalue weighted by atomic mass is 10.3. The van der Waals surface area contributed by atoms with Crippen LogP contribution in [0.2, 0.25) is 0 Å². The molecule has 3 rings (SSSR count). The van der Waals surface area contributed by atoms with Crippen LogP contribution in [0.15, 0.2) is 41.3 Å². The summed E-state index contributed by atoms with van der Waals surface area (Å²) in [6.45, 7) is -0.0896. The van der Waals surface area contributed by atoms with Gasteiger partial charge in [-0.2, -0.15) is 13.2 Å². The molecule has 0 bridgehead atoms. The van der Waals surface area contributed by atoms with Crippen molar-refractivity contribution in [3.8, 4) is 11.7 Å². The minimum Gasteiger partial charge on any atom is -0.457 e. The standard InChI is InChI=1S/C14H8BrF4N5O/c15-11-3-10(1-2-12(11)16)24-6-9(22-23-24)7-25-13-20-4-8(5-21-13)14(17,18)19/h1-6H,7H2. The van der Waals surface area contributed by atoms with Crippen LogP contribution in [0.1, 0.15) is 11.3 Å². The zero-order valence-corrected chi connectivity index (χ0v) is 13.8. The van der Waals surface area contributed by atoms with Gasteiger partial charge in [0, 0.05) is 12.4 Å². The molecule has 0 fully saturated rings. The molecule has 3 aromatic rings. The van der Waals surface area contributed by atoms with Gasteiger partial charge in [-0.1, -0.05) is 5.21 Å². The van der Waals surface area contributed by atoms with Crippen molar-refractivity contribution in [2.75, 3.05) is 0 Å². The summed E-state index contributed by atoms with van der Waals surface area (Å²) in [6.07, 6.45) is -1.71. The fourth-order valence-electron chi connectivity index (χ4n) is 1.79. The molecule has 0 aliphatic heterocycles. The highest BCUT2D eigenvalue weighted by Gasteiger charge is 2.31. The number of hydrogen-bond donors (Lipinski definition) is 0. The Bertz CT molecular complexity index is 882. The van der Waals surface area contributed by atoms with E-state index in [1.54, 1.807) is 0 Å². The maximum Gasteiger partial charge on any atom is 0.419 e. The molecule has 1 aromatic carbocycles. The van der Waals surface area contributed by atoms with Crippen molar-refractivity contribution in [3.63, 3.8) is 0 Å². The number of aromatic nitrogens is 5. The van der Waals surface area contributed by atoms with Gasteiger partial charge in [0.2, 0.25) is 0 Å². The van der Waals surface area contributed by atoms with Crippen LogP contribution in [0.4, 0.5) is 17.6 Å². The van der Waals surface area contributed by atoms with Gasteiger partial charge >= 0.3 is 12.2 Å². The van der Waals surface area contributed by atoms with Gasteiger partial charge in [-0.15, -0.1) is 5.10 Å². The summed E-state index contributed by atoms with van der Waals surface area (Å²) < 4.78 is 57.3. The largest absolute Gasteiger partial charge is 0.457 e. The molecule has 0 N–H and O–H groups in total. The van der Waals surface area contributed by atoms with E-state index in [1.807, 2.05) is 0 Å². The average molecular weight is 418 g/mol. The molecule has 0 aliphatic carbocycles. The number of ether oxygens (including phenoxy) is 1. The Morgan fingerprint density at radius 1 is 1.16 bits per heavy atom. The number of hydrogen-bond acceptors (Lipinski definition) is 5. The third kappa shape index (κ3) is 4.10. The molecule has 0 unspecified atom stereocenters. The van der Waals surface area contributed by atoms with E-state index in [4.69, 9.17) is 4.74 Å². The van der Waals surface area contributed by atoms with Crippen LogP contribution in [-0.2, 0) is 12.8 Å². The minimum absolute atomic E-state index is 0.0896. The van der Waals surface area contributed by atoms with E-state index in [1.165, 1.54) is 29.1 Å². The van der Waals surface area contributed by atoms with E-state index in [-0.39, 0.29) is 17.1 Å². The third-order valence-corrected chi connectivity index (χ3v) is 3.62. The zero-order valence-electron chi connectivity index (χ0n) is 12.2. The quantitative estimate of drug-likeness (QED) is 0.607. The summed E-state index contributed by atoms with van der Waals surface area (Å²) in [7, 11) is 0. The molecular formula is C14H8BrF4N5O. The van der Waals surface area contributed by atoms with E-state index in [0.717, 1.165) is 0 Å². The third-order valence-electron chi connectivity index (χ3n) is 3.01. The summed E-state index contributed by atoms with van der Waals surface area (Å²) >= 11 is 3.07. The molecule has 130 valence electrons. The molecule has 2 aromatic heterocycles. The van der Waals surface area contributed by atoms with Crippen molar-refractivity contribution >= 4 is 15.9 Å². The van der Waals surface area contributed by atoms with Crippen molar-refractivity contribution in [1.82, 2.24) is 25.0 Å². The highest BCUT2D eigenvalue weighted by atomic mass is 79.9. The van der Waals surface area contributed by atoms with Crippen molar-refractivity contribution in [2.45, 2.75) is 12.8 Å². The van der Waals surface area contributed by atoms with Gasteiger partial charge in [-0.25, -0.2) is 19.0 Å². The first-order chi connectivity index (χ1) is 11.8. The van der Waals surface area contributed by atoms with E-state index in [2.05, 4.69) is 36.2 Å². The zero-order chi connectivity index (χ0) is 18.0. The lowest BCUT2D eigenvalue weighted by molar-refractivity contribution is -0.138. The number of benzene rings is 1. The number of halogens is 5. The van der Waals surface area contributed by atoms with Crippen LogP contribution in [0.3, 0.4) is 0 Å². The number of rotatable bonds is 4. The van der Waals surface area contributed by atoms with Crippen LogP contribution in [0.25, 0.3) is 5.69 Å². The van der Waals surface area contributed by atoms with Gasteiger partial charge in [0.1, 0.15) is 18.1 Å². The van der Waals surface area contributed by atoms with Gasteiger partial charge < -0.3 is 4.74 Å². The van der Waals surface area contributed by atoms with E-state index in [9.17, 15) is 17.6 Å². The Kier molecular flexibility index (Phi) is 4.66. The highest BCUT2D eigenvalue weighted by Crippen LogP contribution is 2.28. The van der Waals surface area contributed by atoms with E-state index < -0.39 is 17.6 Å². The van der Waals surface area contributed by atoms with Gasteiger partial charge in [-0.05, 0) is 34.1 Å². The molecule has 6 nitrogen and oxygen atoms in total. The molecule has 25 heavy (non-hydrogen) atoms. The second kappa shape index (κ2) is 6.75. The molecule has 0 aliphatic rings. The van der Waals surface area contributed by atoms with Gasteiger partial charge in [0.05, 0.1) is 21.9 Å². The first kappa shape index (κ1) is 17.3. The smallest absolute Gasteiger partial charge is 0.419 e. The number of nitrogens with zero attached hydrogens (tertiary/aromatic N) is 5. The van der Waals surface area contributed by atoms with Gasteiger partial charge in [0.25, 0.3) is 0 Å². The van der Waals surface area contributed by atoms with Crippen molar-refractivity contribution in [1.29, 1.82) is 0 Å². The average Bonchev–Trinajstić information content (AvgIpc) is 3.04. The molecule has 11 heteroatoms. The molecule has 0 spiro atoms. The van der Waals surface area contributed by atoms with Gasteiger partial charge in [-0.3, -0.25) is 0 Å². The van der Waals surface area contributed by atoms with Crippen molar-refractivity contribution in [3.05, 3.63) is 58.3 Å². The Morgan fingerprint density at radius 2 is 1.88 bits per heavy atom. The Labute approximate surface area is 146 Å². The molecular weight excluding hydrogens is 410 g/mol. The fourth-order valence-corrected chi connectivity index (χ4v) is 2.16. The van der Waals surface area contributed by atoms with E-state index in [0.29, 0.717) is 23.8 Å². The SMILES string of the molecule is Fc1ccc(-n2cc(COc3ncc(C(F)(F)F)cn3)nn2)cc1Br. The second-order valence-electron chi connectivity index (χ2n) is 4.79. The van der Waals surface area contributed by atoms with Crippen molar-refractivity contribution < 1.29 is 22.3 Å². The van der Waals surface area contributed by atoms with Crippen LogP contribution in [0, 0.1) is 5.82 Å². The maximum atomic E-state index is 13.2. The number of alkyl halides is 3. The summed E-state index contributed by atoms with van der Waals surface area (Å²) in [5.41, 5.74) is -0.00516. The summed E-state index contributed by atoms with van der Waals surface area (Å²) in [4.78, 5) is 6.98.